The second-order valence-corrected chi connectivity index (χ2v) is 7.35. The number of carbonyl (C=O) groups is 3. The van der Waals surface area contributed by atoms with Gasteiger partial charge >= 0.3 is 11.9 Å². The Morgan fingerprint density at radius 1 is 1.04 bits per heavy atom. The van der Waals surface area contributed by atoms with Gasteiger partial charge in [0.15, 0.2) is 0 Å². The third-order valence-electron chi connectivity index (χ3n) is 3.12. The lowest BCUT2D eigenvalue weighted by Gasteiger charge is -2.18. The summed E-state index contributed by atoms with van der Waals surface area (Å²) in [7, 11) is 0. The van der Waals surface area contributed by atoms with Crippen LogP contribution in [0.5, 0.6) is 0 Å². The van der Waals surface area contributed by atoms with Crippen LogP contribution in [0.2, 0.25) is 0 Å². The van der Waals surface area contributed by atoms with Crippen molar-refractivity contribution in [3.05, 3.63) is 0 Å². The number of carboxylic acid groups (broad SMARTS) is 2. The average Bonchev–Trinajstić information content (AvgIpc) is 2.41. The lowest BCUT2D eigenvalue weighted by atomic mass is 9.93. The number of carboxylic acids is 2. The van der Waals surface area contributed by atoms with E-state index in [-0.39, 0.29) is 29.4 Å². The highest BCUT2D eigenvalue weighted by Crippen LogP contribution is 2.17. The maximum absolute atomic E-state index is 11.8. The highest BCUT2D eigenvalue weighted by molar-refractivity contribution is 7.80. The number of aliphatic carboxylic acids is 2. The molecule has 6 nitrogen and oxygen atoms in total. The van der Waals surface area contributed by atoms with E-state index < -0.39 is 18.0 Å². The van der Waals surface area contributed by atoms with Gasteiger partial charge in [-0.1, -0.05) is 47.5 Å². The molecule has 3 N–H and O–H groups in total. The molecular formula is C17H33NO5S. The highest BCUT2D eigenvalue weighted by atomic mass is 32.1. The number of amides is 1. The van der Waals surface area contributed by atoms with Gasteiger partial charge in [0.25, 0.3) is 0 Å². The Labute approximate surface area is 150 Å². The topological polar surface area (TPSA) is 104 Å². The standard InChI is InChI=1S/C11H21NO3S.C6H12O2/c1-3-5-8(6-4-2)10(13)12-9(7-16)11(14)15;1-6(2,3)4-5(7)8/h8-9,16H,3-7H2,1-2H3,(H,12,13)(H,14,15);4H2,1-3H3,(H,7,8)/t9-;/m0./s1. The summed E-state index contributed by atoms with van der Waals surface area (Å²) in [5.41, 5.74) is -0.0775. The first-order chi connectivity index (χ1) is 11.0. The second kappa shape index (κ2) is 13.1. The molecule has 1 amide bonds. The van der Waals surface area contributed by atoms with Crippen LogP contribution >= 0.6 is 12.6 Å². The van der Waals surface area contributed by atoms with Gasteiger partial charge in [-0.15, -0.1) is 0 Å². The maximum atomic E-state index is 11.8. The van der Waals surface area contributed by atoms with Crippen LogP contribution in [0, 0.1) is 11.3 Å². The fourth-order valence-corrected chi connectivity index (χ4v) is 2.28. The minimum atomic E-state index is -1.03. The van der Waals surface area contributed by atoms with Crippen molar-refractivity contribution in [1.29, 1.82) is 0 Å². The Hall–Kier alpha value is -1.24. The Morgan fingerprint density at radius 3 is 1.71 bits per heavy atom. The van der Waals surface area contributed by atoms with Gasteiger partial charge in [-0.05, 0) is 18.3 Å². The molecule has 0 heterocycles. The van der Waals surface area contributed by atoms with E-state index in [4.69, 9.17) is 10.2 Å². The second-order valence-electron chi connectivity index (χ2n) is 6.99. The summed E-state index contributed by atoms with van der Waals surface area (Å²) in [6.45, 7) is 9.75. The van der Waals surface area contributed by atoms with Crippen LogP contribution in [0.3, 0.4) is 0 Å². The molecule has 24 heavy (non-hydrogen) atoms. The number of hydrogen-bond acceptors (Lipinski definition) is 4. The van der Waals surface area contributed by atoms with E-state index in [9.17, 15) is 14.4 Å². The van der Waals surface area contributed by atoms with E-state index >= 15 is 0 Å². The Kier molecular flexibility index (Phi) is 13.6. The smallest absolute Gasteiger partial charge is 0.327 e. The first kappa shape index (κ1) is 25.0. The van der Waals surface area contributed by atoms with Crippen LogP contribution in [0.15, 0.2) is 0 Å². The molecule has 0 aliphatic rings. The van der Waals surface area contributed by atoms with Crippen molar-refractivity contribution < 1.29 is 24.6 Å². The average molecular weight is 364 g/mol. The molecule has 0 radical (unpaired) electrons. The maximum Gasteiger partial charge on any atom is 0.327 e. The van der Waals surface area contributed by atoms with Crippen LogP contribution in [-0.4, -0.2) is 39.9 Å². The quantitative estimate of drug-likeness (QED) is 0.471. The van der Waals surface area contributed by atoms with Gasteiger partial charge in [0.1, 0.15) is 6.04 Å². The Morgan fingerprint density at radius 2 is 1.50 bits per heavy atom. The molecule has 0 bridgehead atoms. The molecule has 0 rings (SSSR count). The predicted octanol–water partition coefficient (Wildman–Crippen LogP) is 3.21. The van der Waals surface area contributed by atoms with Gasteiger partial charge in [-0.25, -0.2) is 4.79 Å². The molecule has 0 aromatic carbocycles. The summed E-state index contributed by atoms with van der Waals surface area (Å²) in [5, 5.41) is 19.6. The van der Waals surface area contributed by atoms with Crippen LogP contribution in [0.25, 0.3) is 0 Å². The normalized spacial score (nSPS) is 12.1. The summed E-state index contributed by atoms with van der Waals surface area (Å²) in [6, 6.07) is -0.882. The molecule has 7 heteroatoms. The van der Waals surface area contributed by atoms with Crippen LogP contribution in [-0.2, 0) is 14.4 Å². The molecule has 0 saturated heterocycles. The molecule has 0 aliphatic heterocycles. The summed E-state index contributed by atoms with van der Waals surface area (Å²) in [4.78, 5) is 32.5. The van der Waals surface area contributed by atoms with Gasteiger partial charge < -0.3 is 15.5 Å². The number of nitrogens with one attached hydrogen (secondary N) is 1. The third-order valence-corrected chi connectivity index (χ3v) is 3.49. The lowest BCUT2D eigenvalue weighted by molar-refractivity contribution is -0.141. The van der Waals surface area contributed by atoms with Crippen molar-refractivity contribution in [2.75, 3.05) is 5.75 Å². The highest BCUT2D eigenvalue weighted by Gasteiger charge is 2.23. The van der Waals surface area contributed by atoms with E-state index in [0.717, 1.165) is 25.7 Å². The molecule has 142 valence electrons. The molecule has 0 aromatic rings. The fourth-order valence-electron chi connectivity index (χ4n) is 2.03. The molecular weight excluding hydrogens is 330 g/mol. The molecule has 0 spiro atoms. The SMILES string of the molecule is CC(C)(C)CC(=O)O.CCCC(CCC)C(=O)N[C@@H](CS)C(=O)O. The summed E-state index contributed by atoms with van der Waals surface area (Å²) in [6.07, 6.45) is 3.71. The molecule has 0 aliphatic carbocycles. The van der Waals surface area contributed by atoms with Crippen molar-refractivity contribution in [1.82, 2.24) is 5.32 Å². The van der Waals surface area contributed by atoms with Crippen molar-refractivity contribution >= 4 is 30.5 Å². The van der Waals surface area contributed by atoms with Crippen LogP contribution in [0.1, 0.15) is 66.7 Å². The fraction of sp³-hybridized carbons (Fsp3) is 0.824. The lowest BCUT2D eigenvalue weighted by Crippen LogP contribution is -2.44. The van der Waals surface area contributed by atoms with Crippen molar-refractivity contribution in [3.8, 4) is 0 Å². The first-order valence-corrected chi connectivity index (χ1v) is 8.97. The molecule has 0 unspecified atom stereocenters. The molecule has 0 saturated carbocycles. The number of thiol groups is 1. The zero-order valence-corrected chi connectivity index (χ0v) is 16.4. The van der Waals surface area contributed by atoms with Gasteiger partial charge in [0.05, 0.1) is 6.42 Å². The Bertz CT molecular complexity index is 387. The largest absolute Gasteiger partial charge is 0.481 e. The molecule has 1 atom stereocenters. The summed E-state index contributed by atoms with van der Waals surface area (Å²) >= 11 is 3.91. The number of hydrogen-bond donors (Lipinski definition) is 4. The monoisotopic (exact) mass is 363 g/mol. The summed E-state index contributed by atoms with van der Waals surface area (Å²) < 4.78 is 0. The van der Waals surface area contributed by atoms with Crippen molar-refractivity contribution in [3.63, 3.8) is 0 Å². The van der Waals surface area contributed by atoms with Gasteiger partial charge in [-0.2, -0.15) is 12.6 Å². The van der Waals surface area contributed by atoms with Crippen molar-refractivity contribution in [2.45, 2.75) is 72.8 Å². The third kappa shape index (κ3) is 14.4. The number of rotatable bonds is 9. The van der Waals surface area contributed by atoms with Crippen LogP contribution < -0.4 is 5.32 Å². The number of carbonyl (C=O) groups excluding carboxylic acids is 1. The van der Waals surface area contributed by atoms with Gasteiger partial charge in [0.2, 0.25) is 5.91 Å². The van der Waals surface area contributed by atoms with E-state index in [1.807, 2.05) is 34.6 Å². The molecule has 0 fully saturated rings. The van der Waals surface area contributed by atoms with Gasteiger partial charge in [-0.3, -0.25) is 9.59 Å². The van der Waals surface area contributed by atoms with Crippen molar-refractivity contribution in [2.24, 2.45) is 11.3 Å². The summed E-state index contributed by atoms with van der Waals surface area (Å²) in [5.74, 6) is -1.87. The first-order valence-electron chi connectivity index (χ1n) is 8.34. The van der Waals surface area contributed by atoms with E-state index in [1.54, 1.807) is 0 Å². The minimum Gasteiger partial charge on any atom is -0.481 e. The Balaban J connectivity index is 0. The van der Waals surface area contributed by atoms with E-state index in [2.05, 4.69) is 17.9 Å². The predicted molar refractivity (Wildman–Crippen MR) is 98.4 cm³/mol. The van der Waals surface area contributed by atoms with Gasteiger partial charge in [0, 0.05) is 11.7 Å². The van der Waals surface area contributed by atoms with E-state index in [1.165, 1.54) is 0 Å². The zero-order chi connectivity index (χ0) is 19.3. The minimum absolute atomic E-state index is 0.0725. The zero-order valence-electron chi connectivity index (χ0n) is 15.5. The van der Waals surface area contributed by atoms with Crippen LogP contribution in [0.4, 0.5) is 0 Å². The van der Waals surface area contributed by atoms with E-state index in [0.29, 0.717) is 0 Å². The molecule has 0 aromatic heterocycles.